The molecule has 11 rings (SSSR count). The molecule has 6 nitrogen and oxygen atoms in total. The van der Waals surface area contributed by atoms with Gasteiger partial charge in [0.05, 0.1) is 5.56 Å². The number of aromatic hydroxyl groups is 5. The Kier molecular flexibility index (Phi) is 6.04. The second-order valence-electron chi connectivity index (χ2n) is 14.0. The van der Waals surface area contributed by atoms with Gasteiger partial charge in [0, 0.05) is 10.8 Å². The lowest BCUT2D eigenvalue weighted by molar-refractivity contribution is 0.330. The molecule has 0 atom stereocenters. The van der Waals surface area contributed by atoms with Gasteiger partial charge < -0.3 is 29.9 Å². The highest BCUT2D eigenvalue weighted by molar-refractivity contribution is 6.30. The zero-order chi connectivity index (χ0) is 36.4. The van der Waals surface area contributed by atoms with E-state index in [-0.39, 0.29) is 11.1 Å². The molecule has 0 bridgehead atoms. The first-order valence-electron chi connectivity index (χ1n) is 17.6. The highest BCUT2D eigenvalue weighted by Crippen LogP contribution is 2.56. The van der Waals surface area contributed by atoms with Crippen molar-refractivity contribution in [3.05, 3.63) is 140 Å². The average Bonchev–Trinajstić information content (AvgIpc) is 3.59. The van der Waals surface area contributed by atoms with Gasteiger partial charge in [-0.3, -0.25) is 0 Å². The van der Waals surface area contributed by atoms with Crippen LogP contribution < -0.4 is 0 Å². The Hall–Kier alpha value is -7.44. The average molecular weight is 701 g/mol. The van der Waals surface area contributed by atoms with Gasteiger partial charge in [0.2, 0.25) is 17.2 Å². The van der Waals surface area contributed by atoms with Gasteiger partial charge in [0.15, 0.2) is 11.5 Å². The van der Waals surface area contributed by atoms with Gasteiger partial charge in [-0.15, -0.1) is 0 Å². The summed E-state index contributed by atoms with van der Waals surface area (Å²) < 4.78 is 6.36. The predicted molar refractivity (Wildman–Crippen MR) is 217 cm³/mol. The van der Waals surface area contributed by atoms with E-state index in [9.17, 15) is 25.5 Å². The van der Waals surface area contributed by atoms with Crippen LogP contribution in [0.3, 0.4) is 0 Å². The van der Waals surface area contributed by atoms with Crippen molar-refractivity contribution in [3.8, 4) is 62.1 Å². The molecule has 11 aromatic rings. The second-order valence-corrected chi connectivity index (χ2v) is 14.0. The molecule has 0 saturated carbocycles. The summed E-state index contributed by atoms with van der Waals surface area (Å²) >= 11 is 0. The van der Waals surface area contributed by atoms with Crippen molar-refractivity contribution < 1.29 is 29.9 Å². The lowest BCUT2D eigenvalue weighted by atomic mass is 9.85. The molecule has 54 heavy (non-hydrogen) atoms. The van der Waals surface area contributed by atoms with E-state index >= 15 is 0 Å². The number of phenolic OH excluding ortho intramolecular Hbond substituents is 5. The van der Waals surface area contributed by atoms with Gasteiger partial charge in [-0.1, -0.05) is 115 Å². The van der Waals surface area contributed by atoms with Crippen molar-refractivity contribution in [1.29, 1.82) is 0 Å². The van der Waals surface area contributed by atoms with Crippen LogP contribution in [0.2, 0.25) is 0 Å². The van der Waals surface area contributed by atoms with Crippen LogP contribution in [0.4, 0.5) is 0 Å². The maximum atomic E-state index is 11.0. The molecule has 0 unspecified atom stereocenters. The van der Waals surface area contributed by atoms with Crippen LogP contribution in [-0.4, -0.2) is 25.5 Å². The summed E-state index contributed by atoms with van der Waals surface area (Å²) in [5.74, 6) is -4.43. The van der Waals surface area contributed by atoms with Crippen LogP contribution in [0.15, 0.2) is 144 Å². The molecule has 256 valence electrons. The van der Waals surface area contributed by atoms with Gasteiger partial charge in [-0.25, -0.2) is 0 Å². The molecule has 1 heterocycles. The second kappa shape index (κ2) is 10.8. The Morgan fingerprint density at radius 1 is 0.315 bits per heavy atom. The standard InChI is InChI=1S/C48H28O6/c49-44-42(45(50)47(52)48(53)46(44)51)27-22-37(43-35-11-5-6-12-38(35)54-39(43)23-27)32-18-14-25-15-19-33-31(17-13-24-16-20-34(32)41(25)40(24)33)36-21-26-7-1-2-8-28(26)29-9-3-4-10-30(29)36/h1-23,49-53H. The maximum Gasteiger partial charge on any atom is 0.208 e. The number of phenols is 5. The van der Waals surface area contributed by atoms with Crippen LogP contribution in [0.1, 0.15) is 0 Å². The fraction of sp³-hybridized carbons (Fsp3) is 0. The quantitative estimate of drug-likeness (QED) is 0.0712. The lowest BCUT2D eigenvalue weighted by Crippen LogP contribution is -1.91. The van der Waals surface area contributed by atoms with Crippen molar-refractivity contribution in [2.45, 2.75) is 0 Å². The maximum absolute atomic E-state index is 11.0. The largest absolute Gasteiger partial charge is 0.504 e. The van der Waals surface area contributed by atoms with E-state index in [1.54, 1.807) is 6.07 Å². The van der Waals surface area contributed by atoms with Crippen molar-refractivity contribution in [2.24, 2.45) is 0 Å². The van der Waals surface area contributed by atoms with Crippen LogP contribution in [0.25, 0.3) is 109 Å². The normalized spacial score (nSPS) is 12.1. The minimum absolute atomic E-state index is 0.239. The molecule has 5 N–H and O–H groups in total. The minimum atomic E-state index is -1.01. The Labute approximate surface area is 306 Å². The first kappa shape index (κ1) is 30.2. The van der Waals surface area contributed by atoms with Crippen LogP contribution in [0.5, 0.6) is 28.7 Å². The molecule has 0 aliphatic carbocycles. The Balaban J connectivity index is 1.23. The summed E-state index contributed by atoms with van der Waals surface area (Å²) in [5, 5.41) is 66.2. The monoisotopic (exact) mass is 700 g/mol. The van der Waals surface area contributed by atoms with Crippen LogP contribution in [-0.2, 0) is 0 Å². The number of benzene rings is 10. The van der Waals surface area contributed by atoms with E-state index in [1.807, 2.05) is 30.3 Å². The first-order valence-corrected chi connectivity index (χ1v) is 17.6. The van der Waals surface area contributed by atoms with Gasteiger partial charge in [0.1, 0.15) is 11.2 Å². The predicted octanol–water partition coefficient (Wildman–Crippen LogP) is 12.3. The van der Waals surface area contributed by atoms with Crippen LogP contribution in [0, 0.1) is 0 Å². The summed E-state index contributed by atoms with van der Waals surface area (Å²) in [6.45, 7) is 0. The van der Waals surface area contributed by atoms with Gasteiger partial charge in [-0.2, -0.15) is 0 Å². The minimum Gasteiger partial charge on any atom is -0.504 e. The van der Waals surface area contributed by atoms with E-state index in [0.717, 1.165) is 59.8 Å². The fourth-order valence-corrected chi connectivity index (χ4v) is 8.72. The van der Waals surface area contributed by atoms with Crippen molar-refractivity contribution >= 4 is 75.8 Å². The van der Waals surface area contributed by atoms with E-state index in [4.69, 9.17) is 4.42 Å². The number of rotatable bonds is 3. The molecule has 1 aromatic heterocycles. The number of hydrogen-bond acceptors (Lipinski definition) is 6. The summed E-state index contributed by atoms with van der Waals surface area (Å²) in [6.07, 6.45) is 0. The smallest absolute Gasteiger partial charge is 0.208 e. The molecule has 0 saturated heterocycles. The Bertz CT molecular complexity index is 3360. The highest BCUT2D eigenvalue weighted by atomic mass is 16.4. The molecule has 0 aliphatic heterocycles. The lowest BCUT2D eigenvalue weighted by Gasteiger charge is -2.19. The number of fused-ring (bicyclic) bond motifs is 6. The topological polar surface area (TPSA) is 114 Å². The number of hydrogen-bond donors (Lipinski definition) is 5. The van der Waals surface area contributed by atoms with Gasteiger partial charge in [-0.05, 0) is 106 Å². The van der Waals surface area contributed by atoms with Crippen molar-refractivity contribution in [2.75, 3.05) is 0 Å². The van der Waals surface area contributed by atoms with E-state index in [0.29, 0.717) is 11.2 Å². The van der Waals surface area contributed by atoms with Crippen LogP contribution >= 0.6 is 0 Å². The third-order valence-electron chi connectivity index (χ3n) is 11.2. The van der Waals surface area contributed by atoms with E-state index < -0.39 is 28.7 Å². The zero-order valence-corrected chi connectivity index (χ0v) is 28.4. The van der Waals surface area contributed by atoms with Crippen molar-refractivity contribution in [1.82, 2.24) is 0 Å². The summed E-state index contributed by atoms with van der Waals surface area (Å²) in [5.41, 5.74) is 5.13. The molecule has 0 fully saturated rings. The molecule has 6 heteroatoms. The number of furan rings is 1. The first-order chi connectivity index (χ1) is 26.4. The van der Waals surface area contributed by atoms with Crippen molar-refractivity contribution in [3.63, 3.8) is 0 Å². The summed E-state index contributed by atoms with van der Waals surface area (Å²) in [7, 11) is 0. The molecule has 0 spiro atoms. The van der Waals surface area contributed by atoms with E-state index in [1.165, 1.54) is 27.1 Å². The molecule has 0 aliphatic rings. The number of para-hydroxylation sites is 1. The molecule has 0 amide bonds. The van der Waals surface area contributed by atoms with E-state index in [2.05, 4.69) is 103 Å². The zero-order valence-electron chi connectivity index (χ0n) is 28.4. The summed E-state index contributed by atoms with van der Waals surface area (Å²) in [4.78, 5) is 0. The molecular weight excluding hydrogens is 673 g/mol. The molecule has 10 aromatic carbocycles. The highest BCUT2D eigenvalue weighted by Gasteiger charge is 2.27. The summed E-state index contributed by atoms with van der Waals surface area (Å²) in [6, 6.07) is 47.9. The van der Waals surface area contributed by atoms with Gasteiger partial charge >= 0.3 is 0 Å². The molecular formula is C48H28O6. The molecule has 0 radical (unpaired) electrons. The SMILES string of the molecule is Oc1c(O)c(O)c(-c2cc(-c3ccc4ccc5c(-c6cc7ccccc7c7ccccc67)ccc6ccc3c4c65)c3c(c2)oc2ccccc23)c(O)c1O. The third-order valence-corrected chi connectivity index (χ3v) is 11.2. The fourth-order valence-electron chi connectivity index (χ4n) is 8.72. The Morgan fingerprint density at radius 2 is 0.852 bits per heavy atom. The Morgan fingerprint density at radius 3 is 1.54 bits per heavy atom. The third kappa shape index (κ3) is 3.99. The van der Waals surface area contributed by atoms with Gasteiger partial charge in [0.25, 0.3) is 0 Å².